The van der Waals surface area contributed by atoms with Gasteiger partial charge in [0.05, 0.1) is 5.69 Å². The van der Waals surface area contributed by atoms with E-state index in [0.717, 1.165) is 10.7 Å². The van der Waals surface area contributed by atoms with Crippen LogP contribution in [0.3, 0.4) is 0 Å². The molecule has 1 aromatic rings. The first-order chi connectivity index (χ1) is 6.81. The molecule has 0 aliphatic heterocycles. The highest BCUT2D eigenvalue weighted by Crippen LogP contribution is 2.22. The standard InChI is InChI=1S/C10H14N2OS/c1-13-9(8-3-2-6-11-8)10(14)12-7-4-5-7/h2-3,6-7,9,11H,4-5H2,1H3,(H,12,14). The molecule has 0 amide bonds. The number of ether oxygens (including phenoxy) is 1. The van der Waals surface area contributed by atoms with Gasteiger partial charge in [-0.3, -0.25) is 0 Å². The topological polar surface area (TPSA) is 37.0 Å². The zero-order chi connectivity index (χ0) is 9.97. The Hall–Kier alpha value is -0.870. The van der Waals surface area contributed by atoms with Crippen molar-refractivity contribution in [3.05, 3.63) is 24.0 Å². The average Bonchev–Trinajstić information content (AvgIpc) is 2.82. The molecule has 76 valence electrons. The summed E-state index contributed by atoms with van der Waals surface area (Å²) in [5.74, 6) is 0. The number of thiocarbonyl (C=S) groups is 1. The van der Waals surface area contributed by atoms with Crippen molar-refractivity contribution >= 4 is 17.2 Å². The predicted molar refractivity (Wildman–Crippen MR) is 59.3 cm³/mol. The predicted octanol–water partition coefficient (Wildman–Crippen LogP) is 1.78. The van der Waals surface area contributed by atoms with E-state index in [0.29, 0.717) is 6.04 Å². The van der Waals surface area contributed by atoms with Crippen molar-refractivity contribution in [3.63, 3.8) is 0 Å². The normalized spacial score (nSPS) is 17.8. The number of nitrogens with one attached hydrogen (secondary N) is 2. The molecule has 14 heavy (non-hydrogen) atoms. The highest BCUT2D eigenvalue weighted by Gasteiger charge is 2.26. The third-order valence-corrected chi connectivity index (χ3v) is 2.63. The van der Waals surface area contributed by atoms with Crippen LogP contribution in [0.4, 0.5) is 0 Å². The maximum absolute atomic E-state index is 5.35. The molecule has 1 heterocycles. The van der Waals surface area contributed by atoms with Crippen molar-refractivity contribution < 1.29 is 4.74 Å². The summed E-state index contributed by atoms with van der Waals surface area (Å²) in [5.41, 5.74) is 1.01. The van der Waals surface area contributed by atoms with Crippen molar-refractivity contribution in [2.24, 2.45) is 0 Å². The van der Waals surface area contributed by atoms with E-state index in [4.69, 9.17) is 17.0 Å². The average molecular weight is 210 g/mol. The summed E-state index contributed by atoms with van der Waals surface area (Å²) in [5, 5.41) is 3.28. The van der Waals surface area contributed by atoms with Gasteiger partial charge in [-0.25, -0.2) is 0 Å². The number of hydrogen-bond donors (Lipinski definition) is 2. The maximum Gasteiger partial charge on any atom is 0.147 e. The summed E-state index contributed by atoms with van der Waals surface area (Å²) in [6.07, 6.45) is 4.18. The van der Waals surface area contributed by atoms with E-state index < -0.39 is 0 Å². The first-order valence-corrected chi connectivity index (χ1v) is 5.18. The summed E-state index contributed by atoms with van der Waals surface area (Å²) in [4.78, 5) is 3.89. The molecule has 1 unspecified atom stereocenters. The molecule has 0 aromatic carbocycles. The van der Waals surface area contributed by atoms with Crippen LogP contribution in [-0.2, 0) is 4.74 Å². The molecule has 4 heteroatoms. The van der Waals surface area contributed by atoms with Crippen LogP contribution < -0.4 is 5.32 Å². The van der Waals surface area contributed by atoms with Crippen LogP contribution in [-0.4, -0.2) is 23.1 Å². The van der Waals surface area contributed by atoms with Gasteiger partial charge in [0.1, 0.15) is 11.1 Å². The second-order valence-electron chi connectivity index (χ2n) is 3.52. The van der Waals surface area contributed by atoms with Crippen molar-refractivity contribution in [1.82, 2.24) is 10.3 Å². The number of aromatic amines is 1. The molecule has 0 radical (unpaired) electrons. The van der Waals surface area contributed by atoms with Crippen molar-refractivity contribution in [2.45, 2.75) is 25.0 Å². The minimum absolute atomic E-state index is 0.138. The fourth-order valence-corrected chi connectivity index (χ4v) is 1.78. The lowest BCUT2D eigenvalue weighted by Crippen LogP contribution is -2.30. The molecule has 1 fully saturated rings. The maximum atomic E-state index is 5.35. The van der Waals surface area contributed by atoms with Gasteiger partial charge in [-0.15, -0.1) is 0 Å². The van der Waals surface area contributed by atoms with Gasteiger partial charge in [0.2, 0.25) is 0 Å². The monoisotopic (exact) mass is 210 g/mol. The van der Waals surface area contributed by atoms with E-state index in [9.17, 15) is 0 Å². The van der Waals surface area contributed by atoms with Gasteiger partial charge in [0.15, 0.2) is 0 Å². The number of methoxy groups -OCH3 is 1. The van der Waals surface area contributed by atoms with Gasteiger partial charge >= 0.3 is 0 Å². The Morgan fingerprint density at radius 2 is 2.50 bits per heavy atom. The molecular formula is C10H14N2OS. The van der Waals surface area contributed by atoms with Gasteiger partial charge in [-0.1, -0.05) is 12.2 Å². The van der Waals surface area contributed by atoms with E-state index in [1.807, 2.05) is 18.3 Å². The molecule has 1 aromatic heterocycles. The third-order valence-electron chi connectivity index (χ3n) is 2.30. The van der Waals surface area contributed by atoms with Crippen molar-refractivity contribution in [1.29, 1.82) is 0 Å². The zero-order valence-corrected chi connectivity index (χ0v) is 8.93. The van der Waals surface area contributed by atoms with Gasteiger partial charge in [0, 0.05) is 19.3 Å². The van der Waals surface area contributed by atoms with Gasteiger partial charge in [0.25, 0.3) is 0 Å². The zero-order valence-electron chi connectivity index (χ0n) is 8.12. The Balaban J connectivity index is 2.00. The van der Waals surface area contributed by atoms with Crippen LogP contribution in [0.15, 0.2) is 18.3 Å². The quantitative estimate of drug-likeness (QED) is 0.744. The van der Waals surface area contributed by atoms with Gasteiger partial charge in [-0.2, -0.15) is 0 Å². The summed E-state index contributed by atoms with van der Waals surface area (Å²) in [6, 6.07) is 4.51. The minimum Gasteiger partial charge on any atom is -0.374 e. The number of hydrogen-bond acceptors (Lipinski definition) is 2. The Labute approximate surface area is 88.8 Å². The Morgan fingerprint density at radius 3 is 3.00 bits per heavy atom. The van der Waals surface area contributed by atoms with Crippen LogP contribution in [0.2, 0.25) is 0 Å². The van der Waals surface area contributed by atoms with Crippen LogP contribution in [0.25, 0.3) is 0 Å². The highest BCUT2D eigenvalue weighted by molar-refractivity contribution is 7.80. The van der Waals surface area contributed by atoms with Crippen LogP contribution in [0, 0.1) is 0 Å². The lowest BCUT2D eigenvalue weighted by molar-refractivity contribution is 0.154. The molecule has 2 rings (SSSR count). The molecule has 0 spiro atoms. The molecule has 1 saturated carbocycles. The van der Waals surface area contributed by atoms with E-state index in [1.54, 1.807) is 7.11 Å². The van der Waals surface area contributed by atoms with Crippen LogP contribution in [0.1, 0.15) is 24.6 Å². The summed E-state index contributed by atoms with van der Waals surface area (Å²) < 4.78 is 5.35. The lowest BCUT2D eigenvalue weighted by Gasteiger charge is -2.16. The Bertz CT molecular complexity index is 306. The second-order valence-corrected chi connectivity index (χ2v) is 3.96. The molecule has 3 nitrogen and oxygen atoms in total. The van der Waals surface area contributed by atoms with Crippen LogP contribution in [0.5, 0.6) is 0 Å². The van der Waals surface area contributed by atoms with E-state index in [-0.39, 0.29) is 6.10 Å². The lowest BCUT2D eigenvalue weighted by atomic mass is 10.2. The van der Waals surface area contributed by atoms with E-state index >= 15 is 0 Å². The van der Waals surface area contributed by atoms with Gasteiger partial charge < -0.3 is 15.0 Å². The largest absolute Gasteiger partial charge is 0.374 e. The van der Waals surface area contributed by atoms with Crippen molar-refractivity contribution in [3.8, 4) is 0 Å². The second kappa shape index (κ2) is 4.11. The summed E-state index contributed by atoms with van der Waals surface area (Å²) in [7, 11) is 1.67. The summed E-state index contributed by atoms with van der Waals surface area (Å²) in [6.45, 7) is 0. The fourth-order valence-electron chi connectivity index (χ4n) is 1.39. The SMILES string of the molecule is COC(C(=S)NC1CC1)c1ccc[nH]1. The fraction of sp³-hybridized carbons (Fsp3) is 0.500. The summed E-state index contributed by atoms with van der Waals surface area (Å²) >= 11 is 5.28. The molecule has 1 aliphatic carbocycles. The molecule has 2 N–H and O–H groups in total. The molecular weight excluding hydrogens is 196 g/mol. The van der Waals surface area contributed by atoms with E-state index in [2.05, 4.69) is 10.3 Å². The number of aromatic nitrogens is 1. The van der Waals surface area contributed by atoms with Gasteiger partial charge in [-0.05, 0) is 25.0 Å². The highest BCUT2D eigenvalue weighted by atomic mass is 32.1. The molecule has 1 atom stereocenters. The Kier molecular flexibility index (Phi) is 2.84. The first-order valence-electron chi connectivity index (χ1n) is 4.77. The molecule has 0 bridgehead atoms. The van der Waals surface area contributed by atoms with Crippen molar-refractivity contribution in [2.75, 3.05) is 7.11 Å². The number of rotatable bonds is 4. The third kappa shape index (κ3) is 2.13. The minimum atomic E-state index is -0.138. The smallest absolute Gasteiger partial charge is 0.147 e. The number of H-pyrrole nitrogens is 1. The molecule has 0 saturated heterocycles. The first kappa shape index (κ1) is 9.68. The van der Waals surface area contributed by atoms with E-state index in [1.165, 1.54) is 12.8 Å². The van der Waals surface area contributed by atoms with Crippen LogP contribution >= 0.6 is 12.2 Å². The Morgan fingerprint density at radius 1 is 1.71 bits per heavy atom. The molecule has 1 aliphatic rings.